The van der Waals surface area contributed by atoms with Gasteiger partial charge in [0.1, 0.15) is 5.78 Å². The van der Waals surface area contributed by atoms with Gasteiger partial charge in [-0.2, -0.15) is 0 Å². The molecule has 1 saturated carbocycles. The van der Waals surface area contributed by atoms with Crippen LogP contribution in [0.15, 0.2) is 11.6 Å². The molecule has 1 spiro atoms. The first-order chi connectivity index (χ1) is 7.78. The highest BCUT2D eigenvalue weighted by Gasteiger charge is 2.49. The van der Waals surface area contributed by atoms with Crippen molar-refractivity contribution in [1.82, 2.24) is 0 Å². The normalized spacial score (nSPS) is 33.3. The number of hydrogen-bond acceptors (Lipinski definition) is 2. The molecule has 1 fully saturated rings. The molecule has 0 aliphatic heterocycles. The second-order valence-corrected chi connectivity index (χ2v) is 6.47. The lowest BCUT2D eigenvalue weighted by molar-refractivity contribution is -0.127. The van der Waals surface area contributed by atoms with Crippen molar-refractivity contribution in [2.24, 2.45) is 16.7 Å². The number of hydrogen-bond donors (Lipinski definition) is 0. The van der Waals surface area contributed by atoms with E-state index in [-0.39, 0.29) is 22.4 Å². The molecule has 17 heavy (non-hydrogen) atoms. The molecule has 0 aromatic heterocycles. The quantitative estimate of drug-likeness (QED) is 0.734. The summed E-state index contributed by atoms with van der Waals surface area (Å²) in [6.45, 7) is 7.87. The SMILES string of the molecule is CC(=O)C(C)(C)[C@H]1CC[C@@]2(CC(=O)C=C2C)C1. The van der Waals surface area contributed by atoms with Gasteiger partial charge in [-0.15, -0.1) is 0 Å². The van der Waals surface area contributed by atoms with E-state index in [1.165, 1.54) is 5.57 Å². The van der Waals surface area contributed by atoms with Gasteiger partial charge in [0.15, 0.2) is 5.78 Å². The fourth-order valence-corrected chi connectivity index (χ4v) is 3.47. The van der Waals surface area contributed by atoms with Crippen molar-refractivity contribution in [3.8, 4) is 0 Å². The first kappa shape index (κ1) is 12.5. The molecular formula is C15H22O2. The van der Waals surface area contributed by atoms with Crippen LogP contribution in [0.4, 0.5) is 0 Å². The summed E-state index contributed by atoms with van der Waals surface area (Å²) >= 11 is 0. The van der Waals surface area contributed by atoms with Gasteiger partial charge in [-0.05, 0) is 50.5 Å². The van der Waals surface area contributed by atoms with Crippen molar-refractivity contribution in [2.45, 2.75) is 53.4 Å². The van der Waals surface area contributed by atoms with Gasteiger partial charge in [-0.3, -0.25) is 9.59 Å². The number of rotatable bonds is 2. The third-order valence-electron chi connectivity index (χ3n) is 5.26. The third-order valence-corrected chi connectivity index (χ3v) is 5.26. The molecule has 2 heteroatoms. The maximum Gasteiger partial charge on any atom is 0.156 e. The Hall–Kier alpha value is -0.920. The molecule has 2 aliphatic rings. The zero-order valence-corrected chi connectivity index (χ0v) is 11.3. The van der Waals surface area contributed by atoms with Gasteiger partial charge in [0.2, 0.25) is 0 Å². The smallest absolute Gasteiger partial charge is 0.156 e. The number of Topliss-reactive ketones (excluding diaryl/α,β-unsaturated/α-hetero) is 1. The minimum absolute atomic E-state index is 0.0917. The first-order valence-electron chi connectivity index (χ1n) is 6.50. The van der Waals surface area contributed by atoms with Crippen molar-refractivity contribution >= 4 is 11.6 Å². The Kier molecular flexibility index (Phi) is 2.80. The van der Waals surface area contributed by atoms with E-state index in [0.29, 0.717) is 12.3 Å². The molecule has 94 valence electrons. The summed E-state index contributed by atoms with van der Waals surface area (Å²) in [4.78, 5) is 23.3. The number of ketones is 2. The highest BCUT2D eigenvalue weighted by Crippen LogP contribution is 2.56. The zero-order valence-electron chi connectivity index (χ0n) is 11.3. The molecule has 0 amide bonds. The van der Waals surface area contributed by atoms with Crippen LogP contribution in [0, 0.1) is 16.7 Å². The third kappa shape index (κ3) is 1.88. The summed E-state index contributed by atoms with van der Waals surface area (Å²) in [6.07, 6.45) is 5.63. The Labute approximate surface area is 103 Å². The van der Waals surface area contributed by atoms with Crippen LogP contribution in [0.3, 0.4) is 0 Å². The van der Waals surface area contributed by atoms with Crippen molar-refractivity contribution < 1.29 is 9.59 Å². The van der Waals surface area contributed by atoms with Gasteiger partial charge in [0, 0.05) is 11.8 Å². The summed E-state index contributed by atoms with van der Waals surface area (Å²) in [6, 6.07) is 0. The van der Waals surface area contributed by atoms with E-state index in [2.05, 4.69) is 20.8 Å². The lowest BCUT2D eigenvalue weighted by Gasteiger charge is -2.31. The number of carbonyl (C=O) groups is 2. The molecule has 0 aromatic carbocycles. The molecule has 0 unspecified atom stereocenters. The molecule has 0 N–H and O–H groups in total. The van der Waals surface area contributed by atoms with E-state index in [1.54, 1.807) is 6.92 Å². The van der Waals surface area contributed by atoms with Gasteiger partial charge >= 0.3 is 0 Å². The van der Waals surface area contributed by atoms with E-state index in [1.807, 2.05) is 6.08 Å². The molecule has 2 aliphatic carbocycles. The fourth-order valence-electron chi connectivity index (χ4n) is 3.47. The van der Waals surface area contributed by atoms with Crippen LogP contribution in [0.1, 0.15) is 53.4 Å². The topological polar surface area (TPSA) is 34.1 Å². The van der Waals surface area contributed by atoms with Gasteiger partial charge in [-0.25, -0.2) is 0 Å². The largest absolute Gasteiger partial charge is 0.299 e. The maximum atomic E-state index is 11.7. The van der Waals surface area contributed by atoms with Gasteiger partial charge in [0.05, 0.1) is 0 Å². The van der Waals surface area contributed by atoms with Crippen molar-refractivity contribution in [3.63, 3.8) is 0 Å². The number of allylic oxidation sites excluding steroid dienone is 2. The monoisotopic (exact) mass is 234 g/mol. The molecular weight excluding hydrogens is 212 g/mol. The van der Waals surface area contributed by atoms with Crippen molar-refractivity contribution in [3.05, 3.63) is 11.6 Å². The summed E-state index contributed by atoms with van der Waals surface area (Å²) in [5.41, 5.74) is 1.09. The average molecular weight is 234 g/mol. The molecule has 0 radical (unpaired) electrons. The standard InChI is InChI=1S/C15H22O2/c1-10-7-13(17)9-15(10)6-5-12(8-15)14(3,4)11(2)16/h7,12H,5-6,8-9H2,1-4H3/t12-,15-/m0/s1. The molecule has 0 bridgehead atoms. The molecule has 0 heterocycles. The number of carbonyl (C=O) groups excluding carboxylic acids is 2. The Balaban J connectivity index is 2.19. The van der Waals surface area contributed by atoms with Crippen LogP contribution < -0.4 is 0 Å². The predicted octanol–water partition coefficient (Wildman–Crippen LogP) is 3.31. The Morgan fingerprint density at radius 2 is 2.12 bits per heavy atom. The summed E-state index contributed by atoms with van der Waals surface area (Å²) in [5.74, 6) is 0.962. The van der Waals surface area contributed by atoms with Crippen LogP contribution in [-0.2, 0) is 9.59 Å². The highest BCUT2D eigenvalue weighted by atomic mass is 16.1. The van der Waals surface area contributed by atoms with Crippen molar-refractivity contribution in [2.75, 3.05) is 0 Å². The van der Waals surface area contributed by atoms with Crippen molar-refractivity contribution in [1.29, 1.82) is 0 Å². The lowest BCUT2D eigenvalue weighted by atomic mass is 9.71. The summed E-state index contributed by atoms with van der Waals surface area (Å²) in [5, 5.41) is 0. The minimum Gasteiger partial charge on any atom is -0.299 e. The van der Waals surface area contributed by atoms with Crippen LogP contribution in [-0.4, -0.2) is 11.6 Å². The van der Waals surface area contributed by atoms with Gasteiger partial charge in [-0.1, -0.05) is 19.4 Å². The van der Waals surface area contributed by atoms with E-state index < -0.39 is 0 Å². The van der Waals surface area contributed by atoms with E-state index >= 15 is 0 Å². The van der Waals surface area contributed by atoms with Crippen LogP contribution in [0.5, 0.6) is 0 Å². The molecule has 2 rings (SSSR count). The maximum absolute atomic E-state index is 11.7. The van der Waals surface area contributed by atoms with E-state index in [9.17, 15) is 9.59 Å². The van der Waals surface area contributed by atoms with Gasteiger partial charge < -0.3 is 0 Å². The first-order valence-corrected chi connectivity index (χ1v) is 6.50. The van der Waals surface area contributed by atoms with E-state index in [0.717, 1.165) is 19.3 Å². The van der Waals surface area contributed by atoms with Crippen LogP contribution in [0.25, 0.3) is 0 Å². The predicted molar refractivity (Wildman–Crippen MR) is 67.6 cm³/mol. The Bertz CT molecular complexity index is 403. The van der Waals surface area contributed by atoms with Gasteiger partial charge in [0.25, 0.3) is 0 Å². The van der Waals surface area contributed by atoms with Crippen LogP contribution >= 0.6 is 0 Å². The Morgan fingerprint density at radius 3 is 2.59 bits per heavy atom. The Morgan fingerprint density at radius 1 is 1.47 bits per heavy atom. The second kappa shape index (κ2) is 3.79. The molecule has 2 nitrogen and oxygen atoms in total. The summed E-state index contributed by atoms with van der Waals surface area (Å²) < 4.78 is 0. The van der Waals surface area contributed by atoms with E-state index in [4.69, 9.17) is 0 Å². The lowest BCUT2D eigenvalue weighted by Crippen LogP contribution is -2.31. The average Bonchev–Trinajstić information content (AvgIpc) is 2.73. The highest BCUT2D eigenvalue weighted by molar-refractivity contribution is 5.94. The second-order valence-electron chi connectivity index (χ2n) is 6.47. The fraction of sp³-hybridized carbons (Fsp3) is 0.733. The minimum atomic E-state index is -0.241. The van der Waals surface area contributed by atoms with Crippen LogP contribution in [0.2, 0.25) is 0 Å². The molecule has 0 saturated heterocycles. The zero-order chi connectivity index (χ0) is 12.8. The molecule has 2 atom stereocenters. The summed E-state index contributed by atoms with van der Waals surface area (Å²) in [7, 11) is 0. The molecule has 0 aromatic rings.